The molecule has 0 radical (unpaired) electrons. The highest BCUT2D eigenvalue weighted by Gasteiger charge is 2.21. The Kier molecular flexibility index (Phi) is 3.66. The van der Waals surface area contributed by atoms with E-state index in [0.29, 0.717) is 5.69 Å². The van der Waals surface area contributed by atoms with Crippen LogP contribution in [0.1, 0.15) is 21.0 Å². The van der Waals surface area contributed by atoms with Gasteiger partial charge >= 0.3 is 11.9 Å². The number of para-hydroxylation sites is 1. The summed E-state index contributed by atoms with van der Waals surface area (Å²) in [5, 5.41) is 0. The number of ether oxygens (including phenoxy) is 2. The van der Waals surface area contributed by atoms with Crippen molar-refractivity contribution in [1.82, 2.24) is 4.57 Å². The zero-order valence-electron chi connectivity index (χ0n) is 10.6. The summed E-state index contributed by atoms with van der Waals surface area (Å²) in [6.45, 7) is 0. The van der Waals surface area contributed by atoms with Crippen LogP contribution in [0.4, 0.5) is 0 Å². The third-order valence-corrected chi connectivity index (χ3v) is 2.68. The number of hydrogen-bond donors (Lipinski definition) is 0. The standard InChI is InChI=1S/C14H13NO4/c1-18-13(16)11-8-9-12(14(17)19-2)15(11)10-6-4-3-5-7-10/h3-9H,1-2H3. The van der Waals surface area contributed by atoms with E-state index in [9.17, 15) is 9.59 Å². The van der Waals surface area contributed by atoms with Crippen molar-refractivity contribution in [3.63, 3.8) is 0 Å². The largest absolute Gasteiger partial charge is 0.464 e. The zero-order chi connectivity index (χ0) is 13.8. The van der Waals surface area contributed by atoms with Gasteiger partial charge in [0.2, 0.25) is 0 Å². The van der Waals surface area contributed by atoms with Crippen molar-refractivity contribution in [2.45, 2.75) is 0 Å². The van der Waals surface area contributed by atoms with E-state index in [1.807, 2.05) is 18.2 Å². The van der Waals surface area contributed by atoms with E-state index < -0.39 is 11.9 Å². The number of esters is 2. The van der Waals surface area contributed by atoms with Gasteiger partial charge in [-0.15, -0.1) is 0 Å². The Labute approximate surface area is 110 Å². The van der Waals surface area contributed by atoms with E-state index in [0.717, 1.165) is 0 Å². The fourth-order valence-corrected chi connectivity index (χ4v) is 1.82. The maximum Gasteiger partial charge on any atom is 0.355 e. The molecule has 1 aromatic heterocycles. The first-order valence-electron chi connectivity index (χ1n) is 5.63. The summed E-state index contributed by atoms with van der Waals surface area (Å²) >= 11 is 0. The minimum Gasteiger partial charge on any atom is -0.464 e. The van der Waals surface area contributed by atoms with Gasteiger partial charge in [0.25, 0.3) is 0 Å². The second-order valence-electron chi connectivity index (χ2n) is 3.76. The van der Waals surface area contributed by atoms with Gasteiger partial charge in [0.05, 0.1) is 14.2 Å². The normalized spacial score (nSPS) is 10.0. The molecule has 2 aromatic rings. The topological polar surface area (TPSA) is 57.5 Å². The first-order chi connectivity index (χ1) is 9.19. The summed E-state index contributed by atoms with van der Waals surface area (Å²) in [6, 6.07) is 12.1. The molecular weight excluding hydrogens is 246 g/mol. The summed E-state index contributed by atoms with van der Waals surface area (Å²) in [6.07, 6.45) is 0. The second kappa shape index (κ2) is 5.39. The number of rotatable bonds is 3. The van der Waals surface area contributed by atoms with E-state index in [1.54, 1.807) is 12.1 Å². The Morgan fingerprint density at radius 3 is 1.74 bits per heavy atom. The Morgan fingerprint density at radius 2 is 1.32 bits per heavy atom. The molecule has 0 atom stereocenters. The smallest absolute Gasteiger partial charge is 0.355 e. The summed E-state index contributed by atoms with van der Waals surface area (Å²) in [4.78, 5) is 23.5. The lowest BCUT2D eigenvalue weighted by molar-refractivity contribution is 0.0584. The molecule has 5 nitrogen and oxygen atoms in total. The van der Waals surface area contributed by atoms with E-state index >= 15 is 0 Å². The number of methoxy groups -OCH3 is 2. The van der Waals surface area contributed by atoms with Gasteiger partial charge in [0.1, 0.15) is 11.4 Å². The molecule has 0 N–H and O–H groups in total. The van der Waals surface area contributed by atoms with Crippen molar-refractivity contribution in [3.8, 4) is 5.69 Å². The van der Waals surface area contributed by atoms with Crippen molar-refractivity contribution in [2.75, 3.05) is 14.2 Å². The predicted octanol–water partition coefficient (Wildman–Crippen LogP) is 2.05. The lowest BCUT2D eigenvalue weighted by Crippen LogP contribution is -2.14. The molecule has 0 aliphatic heterocycles. The molecular formula is C14H13NO4. The monoisotopic (exact) mass is 259 g/mol. The molecule has 0 amide bonds. The van der Waals surface area contributed by atoms with Crippen LogP contribution in [0, 0.1) is 0 Å². The molecule has 2 rings (SSSR count). The van der Waals surface area contributed by atoms with Gasteiger partial charge in [-0.05, 0) is 24.3 Å². The van der Waals surface area contributed by atoms with Crippen LogP contribution < -0.4 is 0 Å². The predicted molar refractivity (Wildman–Crippen MR) is 68.4 cm³/mol. The van der Waals surface area contributed by atoms with Crippen molar-refractivity contribution >= 4 is 11.9 Å². The first kappa shape index (κ1) is 12.9. The molecule has 0 fully saturated rings. The maximum absolute atomic E-state index is 11.7. The van der Waals surface area contributed by atoms with Crippen molar-refractivity contribution in [1.29, 1.82) is 0 Å². The number of nitrogens with zero attached hydrogens (tertiary/aromatic N) is 1. The van der Waals surface area contributed by atoms with Gasteiger partial charge in [-0.1, -0.05) is 18.2 Å². The number of benzene rings is 1. The molecule has 98 valence electrons. The highest BCUT2D eigenvalue weighted by atomic mass is 16.5. The Hall–Kier alpha value is -2.56. The summed E-state index contributed by atoms with van der Waals surface area (Å²) in [7, 11) is 2.59. The fourth-order valence-electron chi connectivity index (χ4n) is 1.82. The van der Waals surface area contributed by atoms with Gasteiger partial charge in [0.15, 0.2) is 0 Å². The Morgan fingerprint density at radius 1 is 0.842 bits per heavy atom. The number of hydrogen-bond acceptors (Lipinski definition) is 4. The molecule has 0 aliphatic carbocycles. The van der Waals surface area contributed by atoms with Crippen LogP contribution in [0.2, 0.25) is 0 Å². The van der Waals surface area contributed by atoms with Crippen LogP contribution in [0.5, 0.6) is 0 Å². The van der Waals surface area contributed by atoms with Gasteiger partial charge in [-0.25, -0.2) is 9.59 Å². The average molecular weight is 259 g/mol. The number of carbonyl (C=O) groups excluding carboxylic acids is 2. The molecule has 1 aromatic carbocycles. The Balaban J connectivity index is 2.63. The van der Waals surface area contributed by atoms with Crippen LogP contribution in [0.15, 0.2) is 42.5 Å². The lowest BCUT2D eigenvalue weighted by Gasteiger charge is -2.11. The molecule has 0 saturated carbocycles. The molecule has 5 heteroatoms. The average Bonchev–Trinajstić information content (AvgIpc) is 2.91. The van der Waals surface area contributed by atoms with E-state index in [2.05, 4.69) is 0 Å². The first-order valence-corrected chi connectivity index (χ1v) is 5.63. The van der Waals surface area contributed by atoms with Crippen LogP contribution in [-0.2, 0) is 9.47 Å². The van der Waals surface area contributed by atoms with Crippen LogP contribution >= 0.6 is 0 Å². The molecule has 0 aliphatic rings. The lowest BCUT2D eigenvalue weighted by atomic mass is 10.3. The minimum atomic E-state index is -0.515. The molecule has 1 heterocycles. The van der Waals surface area contributed by atoms with E-state index in [-0.39, 0.29) is 11.4 Å². The molecule has 0 unspecified atom stereocenters. The highest BCUT2D eigenvalue weighted by Crippen LogP contribution is 2.18. The zero-order valence-corrected chi connectivity index (χ0v) is 10.6. The summed E-state index contributed by atoms with van der Waals surface area (Å²) < 4.78 is 10.9. The molecule has 0 saturated heterocycles. The number of aromatic nitrogens is 1. The fraction of sp³-hybridized carbons (Fsp3) is 0.143. The van der Waals surface area contributed by atoms with Gasteiger partial charge in [0, 0.05) is 5.69 Å². The van der Waals surface area contributed by atoms with Crippen molar-refractivity contribution in [2.24, 2.45) is 0 Å². The SMILES string of the molecule is COC(=O)c1ccc(C(=O)OC)n1-c1ccccc1. The third kappa shape index (κ3) is 2.35. The van der Waals surface area contributed by atoms with Gasteiger partial charge in [-0.2, -0.15) is 0 Å². The Bertz CT molecular complexity index is 568. The van der Waals surface area contributed by atoms with Crippen LogP contribution in [-0.4, -0.2) is 30.7 Å². The molecule has 0 bridgehead atoms. The third-order valence-electron chi connectivity index (χ3n) is 2.68. The minimum absolute atomic E-state index is 0.272. The van der Waals surface area contributed by atoms with Crippen LogP contribution in [0.25, 0.3) is 5.69 Å². The van der Waals surface area contributed by atoms with E-state index in [1.165, 1.54) is 30.9 Å². The number of carbonyl (C=O) groups is 2. The molecule has 0 spiro atoms. The second-order valence-corrected chi connectivity index (χ2v) is 3.76. The highest BCUT2D eigenvalue weighted by molar-refractivity contribution is 5.94. The quantitative estimate of drug-likeness (QED) is 0.791. The summed E-state index contributed by atoms with van der Waals surface area (Å²) in [5.74, 6) is -1.03. The van der Waals surface area contributed by atoms with Crippen molar-refractivity contribution in [3.05, 3.63) is 53.9 Å². The van der Waals surface area contributed by atoms with Gasteiger partial charge in [-0.3, -0.25) is 4.57 Å². The van der Waals surface area contributed by atoms with Crippen LogP contribution in [0.3, 0.4) is 0 Å². The van der Waals surface area contributed by atoms with Gasteiger partial charge < -0.3 is 9.47 Å². The van der Waals surface area contributed by atoms with E-state index in [4.69, 9.17) is 9.47 Å². The maximum atomic E-state index is 11.7. The van der Waals surface area contributed by atoms with Crippen molar-refractivity contribution < 1.29 is 19.1 Å². The molecule has 19 heavy (non-hydrogen) atoms. The summed E-state index contributed by atoms with van der Waals surface area (Å²) in [5.41, 5.74) is 1.23.